The number of carbonyl (C=O) groups is 1. The molecule has 0 fully saturated rings. The second-order valence-corrected chi connectivity index (χ2v) is 3.90. The molecular weight excluding hydrogens is 232 g/mol. The van der Waals surface area contributed by atoms with Crippen molar-refractivity contribution in [3.63, 3.8) is 0 Å². The number of H-pyrrole nitrogens is 1. The number of rotatable bonds is 4. The largest absolute Gasteiger partial charge is 0.323 e. The van der Waals surface area contributed by atoms with Gasteiger partial charge in [0.15, 0.2) is 0 Å². The molecule has 7 heteroatoms. The first-order chi connectivity index (χ1) is 8.69. The summed E-state index contributed by atoms with van der Waals surface area (Å²) in [5, 5.41) is 19.0. The van der Waals surface area contributed by atoms with Crippen LogP contribution in [0.3, 0.4) is 0 Å². The highest BCUT2D eigenvalue weighted by Gasteiger charge is 2.06. The second-order valence-electron chi connectivity index (χ2n) is 3.90. The van der Waals surface area contributed by atoms with E-state index >= 15 is 0 Å². The van der Waals surface area contributed by atoms with Crippen LogP contribution in [0.2, 0.25) is 0 Å². The minimum Gasteiger partial charge on any atom is -0.323 e. The molecule has 4 N–H and O–H groups in total. The van der Waals surface area contributed by atoms with Gasteiger partial charge < -0.3 is 10.6 Å². The molecule has 2 aromatic rings. The standard InChI is InChI=1S/C11H16N6O/c1-3-12-7(2)13-11(18)14-8-4-5-9-10(6-8)16-17-15-9/h4-7,12H,3H2,1-2H3,(H2,13,14,18)(H,15,16,17). The van der Waals surface area contributed by atoms with Gasteiger partial charge in [-0.3, -0.25) is 5.32 Å². The average molecular weight is 248 g/mol. The van der Waals surface area contributed by atoms with Gasteiger partial charge in [-0.1, -0.05) is 6.92 Å². The smallest absolute Gasteiger partial charge is 0.320 e. The van der Waals surface area contributed by atoms with E-state index in [0.717, 1.165) is 12.1 Å². The van der Waals surface area contributed by atoms with E-state index in [1.165, 1.54) is 0 Å². The van der Waals surface area contributed by atoms with Crippen LogP contribution in [0.4, 0.5) is 10.5 Å². The van der Waals surface area contributed by atoms with Crippen LogP contribution in [-0.2, 0) is 0 Å². The molecule has 0 saturated carbocycles. The minimum absolute atomic E-state index is 0.0780. The Morgan fingerprint density at radius 3 is 2.94 bits per heavy atom. The van der Waals surface area contributed by atoms with E-state index in [9.17, 15) is 4.79 Å². The molecular formula is C11H16N6O. The summed E-state index contributed by atoms with van der Waals surface area (Å²) < 4.78 is 0. The number of fused-ring (bicyclic) bond motifs is 1. The summed E-state index contributed by atoms with van der Waals surface area (Å²) in [4.78, 5) is 11.7. The SMILES string of the molecule is CCNC(C)NC(=O)Nc1ccc2n[nH]nc2c1. The van der Waals surface area contributed by atoms with Gasteiger partial charge in [0.1, 0.15) is 11.0 Å². The van der Waals surface area contributed by atoms with Crippen molar-refractivity contribution < 1.29 is 4.79 Å². The van der Waals surface area contributed by atoms with E-state index in [4.69, 9.17) is 0 Å². The highest BCUT2D eigenvalue weighted by atomic mass is 16.2. The number of carbonyl (C=O) groups excluding carboxylic acids is 1. The highest BCUT2D eigenvalue weighted by molar-refractivity contribution is 5.91. The molecule has 1 unspecified atom stereocenters. The van der Waals surface area contributed by atoms with Crippen molar-refractivity contribution in [3.05, 3.63) is 18.2 Å². The molecule has 0 aliphatic heterocycles. The summed E-state index contributed by atoms with van der Waals surface area (Å²) in [6, 6.07) is 5.08. The van der Waals surface area contributed by atoms with Gasteiger partial charge in [0, 0.05) is 5.69 Å². The number of nitrogens with zero attached hydrogens (tertiary/aromatic N) is 2. The molecule has 0 saturated heterocycles. The molecule has 0 spiro atoms. The zero-order valence-corrected chi connectivity index (χ0v) is 10.3. The van der Waals surface area contributed by atoms with Gasteiger partial charge in [-0.2, -0.15) is 15.4 Å². The zero-order valence-electron chi connectivity index (χ0n) is 10.3. The Kier molecular flexibility index (Phi) is 3.73. The molecule has 1 atom stereocenters. The molecule has 1 aromatic carbocycles. The van der Waals surface area contributed by atoms with E-state index in [0.29, 0.717) is 11.2 Å². The van der Waals surface area contributed by atoms with Crippen LogP contribution in [0.1, 0.15) is 13.8 Å². The molecule has 1 heterocycles. The number of nitrogens with one attached hydrogen (secondary N) is 4. The quantitative estimate of drug-likeness (QED) is 0.608. The van der Waals surface area contributed by atoms with Gasteiger partial charge >= 0.3 is 6.03 Å². The number of amides is 2. The fourth-order valence-corrected chi connectivity index (χ4v) is 1.64. The summed E-state index contributed by atoms with van der Waals surface area (Å²) in [7, 11) is 0. The maximum atomic E-state index is 11.7. The molecule has 7 nitrogen and oxygen atoms in total. The van der Waals surface area contributed by atoms with Crippen molar-refractivity contribution in [1.82, 2.24) is 26.0 Å². The number of anilines is 1. The van der Waals surface area contributed by atoms with Crippen molar-refractivity contribution in [3.8, 4) is 0 Å². The topological polar surface area (TPSA) is 94.7 Å². The first kappa shape index (κ1) is 12.3. The first-order valence-electron chi connectivity index (χ1n) is 5.80. The molecule has 0 aliphatic rings. The molecule has 2 rings (SSSR count). The summed E-state index contributed by atoms with van der Waals surface area (Å²) in [6.07, 6.45) is -0.0780. The third kappa shape index (κ3) is 2.95. The number of hydrogen-bond acceptors (Lipinski definition) is 4. The van der Waals surface area contributed by atoms with Gasteiger partial charge in [-0.15, -0.1) is 0 Å². The fourth-order valence-electron chi connectivity index (χ4n) is 1.64. The Hall–Kier alpha value is -2.15. The second kappa shape index (κ2) is 5.46. The van der Waals surface area contributed by atoms with Crippen molar-refractivity contribution in [1.29, 1.82) is 0 Å². The maximum absolute atomic E-state index is 11.7. The average Bonchev–Trinajstić information content (AvgIpc) is 2.76. The third-order valence-electron chi connectivity index (χ3n) is 2.43. The minimum atomic E-state index is -0.258. The van der Waals surface area contributed by atoms with Gasteiger partial charge in [-0.25, -0.2) is 4.79 Å². The third-order valence-corrected chi connectivity index (χ3v) is 2.43. The number of hydrogen-bond donors (Lipinski definition) is 4. The summed E-state index contributed by atoms with van der Waals surface area (Å²) in [5.41, 5.74) is 2.16. The highest BCUT2D eigenvalue weighted by Crippen LogP contribution is 2.14. The fraction of sp³-hybridized carbons (Fsp3) is 0.364. The summed E-state index contributed by atoms with van der Waals surface area (Å²) in [5.74, 6) is 0. The van der Waals surface area contributed by atoms with Crippen LogP contribution in [0, 0.1) is 0 Å². The molecule has 1 aromatic heterocycles. The molecule has 0 bridgehead atoms. The van der Waals surface area contributed by atoms with E-state index in [1.807, 2.05) is 13.8 Å². The molecule has 96 valence electrons. The number of urea groups is 1. The van der Waals surface area contributed by atoms with E-state index in [-0.39, 0.29) is 12.2 Å². The summed E-state index contributed by atoms with van der Waals surface area (Å²) in [6.45, 7) is 4.66. The van der Waals surface area contributed by atoms with Crippen LogP contribution in [0.5, 0.6) is 0 Å². The van der Waals surface area contributed by atoms with E-state index in [1.54, 1.807) is 18.2 Å². The Morgan fingerprint density at radius 2 is 2.17 bits per heavy atom. The first-order valence-corrected chi connectivity index (χ1v) is 5.80. The predicted molar refractivity (Wildman–Crippen MR) is 69.2 cm³/mol. The Labute approximate surface area is 104 Å². The van der Waals surface area contributed by atoms with Gasteiger partial charge in [-0.05, 0) is 31.7 Å². The Bertz CT molecular complexity index is 537. The Morgan fingerprint density at radius 1 is 1.39 bits per heavy atom. The van der Waals surface area contributed by atoms with Crippen LogP contribution in [0.15, 0.2) is 18.2 Å². The lowest BCUT2D eigenvalue weighted by Gasteiger charge is -2.14. The lowest BCUT2D eigenvalue weighted by molar-refractivity contribution is 0.247. The number of aromatic nitrogens is 3. The van der Waals surface area contributed by atoms with Crippen molar-refractivity contribution in [2.75, 3.05) is 11.9 Å². The lowest BCUT2D eigenvalue weighted by Crippen LogP contribution is -2.44. The van der Waals surface area contributed by atoms with Crippen molar-refractivity contribution in [2.24, 2.45) is 0 Å². The molecule has 18 heavy (non-hydrogen) atoms. The summed E-state index contributed by atoms with van der Waals surface area (Å²) >= 11 is 0. The normalized spacial score (nSPS) is 12.3. The van der Waals surface area contributed by atoms with Gasteiger partial charge in [0.05, 0.1) is 6.17 Å². The molecule has 0 aliphatic carbocycles. The van der Waals surface area contributed by atoms with Crippen molar-refractivity contribution >= 4 is 22.8 Å². The van der Waals surface area contributed by atoms with E-state index in [2.05, 4.69) is 31.4 Å². The zero-order chi connectivity index (χ0) is 13.0. The van der Waals surface area contributed by atoms with Crippen LogP contribution in [0.25, 0.3) is 11.0 Å². The Balaban J connectivity index is 1.97. The molecule has 0 radical (unpaired) electrons. The van der Waals surface area contributed by atoms with Crippen LogP contribution < -0.4 is 16.0 Å². The van der Waals surface area contributed by atoms with E-state index < -0.39 is 0 Å². The van der Waals surface area contributed by atoms with Crippen molar-refractivity contribution in [2.45, 2.75) is 20.0 Å². The van der Waals surface area contributed by atoms with Gasteiger partial charge in [0.2, 0.25) is 0 Å². The predicted octanol–water partition coefficient (Wildman–Crippen LogP) is 1.03. The lowest BCUT2D eigenvalue weighted by atomic mass is 10.3. The molecule has 2 amide bonds. The monoisotopic (exact) mass is 248 g/mol. The van der Waals surface area contributed by atoms with Gasteiger partial charge in [0.25, 0.3) is 0 Å². The number of benzene rings is 1. The van der Waals surface area contributed by atoms with Crippen LogP contribution in [-0.4, -0.2) is 34.2 Å². The number of aromatic amines is 1. The van der Waals surface area contributed by atoms with Crippen LogP contribution >= 0.6 is 0 Å². The maximum Gasteiger partial charge on any atom is 0.320 e.